The van der Waals surface area contributed by atoms with E-state index in [4.69, 9.17) is 10.00 Å². The van der Waals surface area contributed by atoms with E-state index in [0.29, 0.717) is 22.6 Å². The number of nitrogens with one attached hydrogen (secondary N) is 1. The van der Waals surface area contributed by atoms with Crippen molar-refractivity contribution in [2.24, 2.45) is 5.92 Å². The number of anilines is 1. The van der Waals surface area contributed by atoms with Gasteiger partial charge in [0.2, 0.25) is 5.91 Å². The first-order valence-corrected chi connectivity index (χ1v) is 7.86. The average Bonchev–Trinajstić information content (AvgIpc) is 2.65. The Morgan fingerprint density at radius 2 is 2.00 bits per heavy atom. The van der Waals surface area contributed by atoms with E-state index in [2.05, 4.69) is 5.32 Å². The fraction of sp³-hybridized carbons (Fsp3) is 0.100. The van der Waals surface area contributed by atoms with E-state index < -0.39 is 23.4 Å². The molecule has 1 heterocycles. The second-order valence-electron chi connectivity index (χ2n) is 5.59. The molecule has 0 aromatic heterocycles. The lowest BCUT2D eigenvalue weighted by molar-refractivity contribution is -0.126. The minimum atomic E-state index is -1.39. The molecule has 0 saturated heterocycles. The van der Waals surface area contributed by atoms with Crippen molar-refractivity contribution in [2.45, 2.75) is 0 Å². The lowest BCUT2D eigenvalue weighted by Crippen LogP contribution is -2.39. The first-order valence-electron chi connectivity index (χ1n) is 7.86. The number of allylic oxidation sites excluding steroid dienone is 1. The van der Waals surface area contributed by atoms with Crippen molar-refractivity contribution >= 4 is 29.2 Å². The third-order valence-corrected chi connectivity index (χ3v) is 3.86. The topological polar surface area (TPSA) is 96.3 Å². The third-order valence-electron chi connectivity index (χ3n) is 3.86. The van der Waals surface area contributed by atoms with Crippen LogP contribution in [-0.4, -0.2) is 24.1 Å². The molecule has 0 spiro atoms. The number of rotatable bonds is 5. The predicted molar refractivity (Wildman–Crippen MR) is 94.5 cm³/mol. The zero-order chi connectivity index (χ0) is 18.5. The number of para-hydroxylation sites is 1. The van der Waals surface area contributed by atoms with E-state index in [-0.39, 0.29) is 6.61 Å². The first-order chi connectivity index (χ1) is 12.6. The Kier molecular flexibility index (Phi) is 4.90. The van der Waals surface area contributed by atoms with Gasteiger partial charge in [-0.15, -0.1) is 0 Å². The van der Waals surface area contributed by atoms with E-state index in [1.807, 2.05) is 6.07 Å². The average molecular weight is 346 g/mol. The highest BCUT2D eigenvalue weighted by molar-refractivity contribution is 6.32. The number of hydrogen-bond acceptors (Lipinski definition) is 5. The minimum absolute atomic E-state index is 0.0811. The fourth-order valence-electron chi connectivity index (χ4n) is 2.64. The molecule has 1 atom stereocenters. The summed E-state index contributed by atoms with van der Waals surface area (Å²) in [7, 11) is 0. The summed E-state index contributed by atoms with van der Waals surface area (Å²) < 4.78 is 5.19. The molecule has 6 heteroatoms. The van der Waals surface area contributed by atoms with Crippen LogP contribution >= 0.6 is 0 Å². The van der Waals surface area contributed by atoms with Crippen molar-refractivity contribution < 1.29 is 19.1 Å². The van der Waals surface area contributed by atoms with Crippen LogP contribution in [-0.2, 0) is 9.59 Å². The number of nitriles is 1. The molecule has 3 rings (SSSR count). The lowest BCUT2D eigenvalue weighted by Gasteiger charge is -2.21. The molecule has 1 aliphatic heterocycles. The van der Waals surface area contributed by atoms with E-state index in [1.165, 1.54) is 12.2 Å². The Labute approximate surface area is 149 Å². The monoisotopic (exact) mass is 346 g/mol. The highest BCUT2D eigenvalue weighted by atomic mass is 16.5. The van der Waals surface area contributed by atoms with Crippen molar-refractivity contribution in [3.05, 3.63) is 65.7 Å². The minimum Gasteiger partial charge on any atom is -0.479 e. The van der Waals surface area contributed by atoms with Crippen LogP contribution in [0.5, 0.6) is 5.75 Å². The van der Waals surface area contributed by atoms with E-state index in [1.54, 1.807) is 48.5 Å². The standard InChI is InChI=1S/C20H14N2O4/c21-10-11-26-14-5-3-4-13(12-14)8-9-17(23)18-19(24)15-6-1-2-7-16(15)22-20(18)25/h1-9,12,18H,11H2,(H,22,25)/b9-8+. The SMILES string of the molecule is N#CCOc1cccc(/C=C/C(=O)C2C(=O)Nc3ccccc3C2=O)c1. The Morgan fingerprint density at radius 1 is 1.19 bits per heavy atom. The van der Waals surface area contributed by atoms with Crippen LogP contribution in [0.2, 0.25) is 0 Å². The molecule has 6 nitrogen and oxygen atoms in total. The highest BCUT2D eigenvalue weighted by Crippen LogP contribution is 2.26. The Hall–Kier alpha value is -3.72. The van der Waals surface area contributed by atoms with Gasteiger partial charge in [-0.1, -0.05) is 30.3 Å². The van der Waals surface area contributed by atoms with E-state index in [0.717, 1.165) is 0 Å². The normalized spacial score (nSPS) is 15.9. The van der Waals surface area contributed by atoms with Crippen molar-refractivity contribution in [3.8, 4) is 11.8 Å². The Morgan fingerprint density at radius 3 is 2.81 bits per heavy atom. The van der Waals surface area contributed by atoms with Crippen LogP contribution in [0.15, 0.2) is 54.6 Å². The van der Waals surface area contributed by atoms with Crippen LogP contribution in [0.3, 0.4) is 0 Å². The number of Topliss-reactive ketones (excluding diaryl/α,β-unsaturated/α-hetero) is 1. The number of carbonyl (C=O) groups is 3. The zero-order valence-corrected chi connectivity index (χ0v) is 13.6. The van der Waals surface area contributed by atoms with Crippen LogP contribution in [0.1, 0.15) is 15.9 Å². The summed E-state index contributed by atoms with van der Waals surface area (Å²) in [5.41, 5.74) is 1.39. The van der Waals surface area contributed by atoms with Crippen molar-refractivity contribution in [3.63, 3.8) is 0 Å². The molecule has 26 heavy (non-hydrogen) atoms. The van der Waals surface area contributed by atoms with Gasteiger partial charge in [0.15, 0.2) is 24.1 Å². The molecule has 2 aromatic rings. The fourth-order valence-corrected chi connectivity index (χ4v) is 2.64. The largest absolute Gasteiger partial charge is 0.479 e. The molecule has 1 unspecified atom stereocenters. The molecule has 2 aromatic carbocycles. The van der Waals surface area contributed by atoms with Gasteiger partial charge in [0, 0.05) is 5.56 Å². The summed E-state index contributed by atoms with van der Waals surface area (Å²) >= 11 is 0. The van der Waals surface area contributed by atoms with Gasteiger partial charge in [-0.25, -0.2) is 0 Å². The molecule has 1 aliphatic rings. The molecular weight excluding hydrogens is 332 g/mol. The van der Waals surface area contributed by atoms with Crippen molar-refractivity contribution in [1.82, 2.24) is 0 Å². The summed E-state index contributed by atoms with van der Waals surface area (Å²) in [6, 6.07) is 15.2. The van der Waals surface area contributed by atoms with Crippen molar-refractivity contribution in [1.29, 1.82) is 5.26 Å². The third kappa shape index (κ3) is 3.52. The molecule has 0 fully saturated rings. The molecule has 0 bridgehead atoms. The second-order valence-corrected chi connectivity index (χ2v) is 5.59. The van der Waals surface area contributed by atoms with Gasteiger partial charge in [0.05, 0.1) is 5.69 Å². The number of carbonyl (C=O) groups excluding carboxylic acids is 3. The van der Waals surface area contributed by atoms with Crippen LogP contribution in [0.25, 0.3) is 6.08 Å². The van der Waals surface area contributed by atoms with Gasteiger partial charge in [-0.05, 0) is 35.9 Å². The second kappa shape index (κ2) is 7.45. The van der Waals surface area contributed by atoms with Crippen LogP contribution in [0.4, 0.5) is 5.69 Å². The molecule has 1 N–H and O–H groups in total. The van der Waals surface area contributed by atoms with Gasteiger partial charge in [-0.3, -0.25) is 14.4 Å². The number of fused-ring (bicyclic) bond motifs is 1. The smallest absolute Gasteiger partial charge is 0.243 e. The summed E-state index contributed by atoms with van der Waals surface area (Å²) in [4.78, 5) is 37.1. The summed E-state index contributed by atoms with van der Waals surface area (Å²) in [5.74, 6) is -2.63. The number of benzene rings is 2. The maximum absolute atomic E-state index is 12.5. The molecule has 0 radical (unpaired) electrons. The summed E-state index contributed by atoms with van der Waals surface area (Å²) in [6.45, 7) is -0.0811. The summed E-state index contributed by atoms with van der Waals surface area (Å²) in [5, 5.41) is 11.1. The number of ether oxygens (including phenoxy) is 1. The first kappa shape index (κ1) is 17.1. The Bertz CT molecular complexity index is 956. The Balaban J connectivity index is 1.78. The molecule has 128 valence electrons. The molecular formula is C20H14N2O4. The van der Waals surface area contributed by atoms with E-state index in [9.17, 15) is 14.4 Å². The molecule has 0 aliphatic carbocycles. The van der Waals surface area contributed by atoms with Gasteiger partial charge < -0.3 is 10.1 Å². The molecule has 1 amide bonds. The number of amides is 1. The number of hydrogen-bond donors (Lipinski definition) is 1. The quantitative estimate of drug-likeness (QED) is 0.663. The number of nitrogens with zero attached hydrogens (tertiary/aromatic N) is 1. The molecule has 0 saturated carbocycles. The predicted octanol–water partition coefficient (Wildman–Crippen LogP) is 2.62. The lowest BCUT2D eigenvalue weighted by atomic mass is 9.88. The highest BCUT2D eigenvalue weighted by Gasteiger charge is 2.38. The maximum Gasteiger partial charge on any atom is 0.243 e. The zero-order valence-electron chi connectivity index (χ0n) is 13.6. The van der Waals surface area contributed by atoms with Crippen LogP contribution in [0, 0.1) is 17.2 Å². The van der Waals surface area contributed by atoms with Gasteiger partial charge in [0.25, 0.3) is 0 Å². The summed E-state index contributed by atoms with van der Waals surface area (Å²) in [6.07, 6.45) is 2.71. The van der Waals surface area contributed by atoms with Gasteiger partial charge in [-0.2, -0.15) is 5.26 Å². The number of ketones is 2. The van der Waals surface area contributed by atoms with Crippen LogP contribution < -0.4 is 10.1 Å². The van der Waals surface area contributed by atoms with E-state index >= 15 is 0 Å². The maximum atomic E-state index is 12.5. The van der Waals surface area contributed by atoms with Gasteiger partial charge in [0.1, 0.15) is 11.8 Å². The van der Waals surface area contributed by atoms with Gasteiger partial charge >= 0.3 is 0 Å². The van der Waals surface area contributed by atoms with Crippen molar-refractivity contribution in [2.75, 3.05) is 11.9 Å².